The lowest BCUT2D eigenvalue weighted by molar-refractivity contribution is 0.0893. The highest BCUT2D eigenvalue weighted by molar-refractivity contribution is 6.04. The Morgan fingerprint density at radius 2 is 1.62 bits per heavy atom. The first-order chi connectivity index (χ1) is 18.0. The molecule has 0 aromatic heterocycles. The predicted molar refractivity (Wildman–Crippen MR) is 142 cm³/mol. The van der Waals surface area contributed by atoms with E-state index >= 15 is 0 Å². The Morgan fingerprint density at radius 3 is 2.27 bits per heavy atom. The van der Waals surface area contributed by atoms with Crippen molar-refractivity contribution in [1.29, 1.82) is 0 Å². The molecule has 0 atom stereocenters. The number of ether oxygens (including phenoxy) is 2. The first kappa shape index (κ1) is 24.4. The number of urea groups is 1. The van der Waals surface area contributed by atoms with Gasteiger partial charge in [-0.05, 0) is 47.2 Å². The van der Waals surface area contributed by atoms with Crippen LogP contribution in [0, 0.1) is 0 Å². The Labute approximate surface area is 216 Å². The van der Waals surface area contributed by atoms with Crippen molar-refractivity contribution in [3.63, 3.8) is 0 Å². The molecule has 190 valence electrons. The highest BCUT2D eigenvalue weighted by atomic mass is 16.6. The fourth-order valence-electron chi connectivity index (χ4n) is 5.05. The molecule has 1 heterocycles. The molecule has 1 aliphatic carbocycles. The summed E-state index contributed by atoms with van der Waals surface area (Å²) in [6.45, 7) is 1.29. The number of nitrogens with zero attached hydrogens (tertiary/aromatic N) is 2. The van der Waals surface area contributed by atoms with Gasteiger partial charge < -0.3 is 25.4 Å². The molecule has 1 fully saturated rings. The zero-order valence-corrected chi connectivity index (χ0v) is 20.7. The monoisotopic (exact) mass is 498 g/mol. The van der Waals surface area contributed by atoms with E-state index in [1.165, 1.54) is 22.3 Å². The number of hydrogen-bond donors (Lipinski definition) is 2. The van der Waals surface area contributed by atoms with Crippen molar-refractivity contribution in [2.75, 3.05) is 26.8 Å². The van der Waals surface area contributed by atoms with Crippen LogP contribution in [0.5, 0.6) is 5.75 Å². The Hall–Kier alpha value is -4.33. The quantitative estimate of drug-likeness (QED) is 0.397. The van der Waals surface area contributed by atoms with E-state index in [2.05, 4.69) is 34.6 Å². The zero-order valence-electron chi connectivity index (χ0n) is 20.7. The van der Waals surface area contributed by atoms with E-state index in [0.717, 1.165) is 0 Å². The fourth-order valence-corrected chi connectivity index (χ4v) is 5.05. The van der Waals surface area contributed by atoms with Gasteiger partial charge in [-0.25, -0.2) is 9.59 Å². The highest BCUT2D eigenvalue weighted by Crippen LogP contribution is 2.44. The number of amides is 3. The molecule has 37 heavy (non-hydrogen) atoms. The summed E-state index contributed by atoms with van der Waals surface area (Å²) in [6, 6.07) is 23.0. The molecule has 0 spiro atoms. The maximum absolute atomic E-state index is 12.8. The van der Waals surface area contributed by atoms with Crippen LogP contribution < -0.4 is 15.8 Å². The Kier molecular flexibility index (Phi) is 7.07. The maximum Gasteiger partial charge on any atom is 0.409 e. The van der Waals surface area contributed by atoms with E-state index in [-0.39, 0.29) is 23.9 Å². The topological polar surface area (TPSA) is 106 Å². The summed E-state index contributed by atoms with van der Waals surface area (Å²) < 4.78 is 11.0. The molecule has 0 unspecified atom stereocenters. The van der Waals surface area contributed by atoms with Crippen LogP contribution in [0.4, 0.5) is 9.59 Å². The van der Waals surface area contributed by atoms with Crippen molar-refractivity contribution >= 4 is 18.0 Å². The molecule has 3 aromatic rings. The number of carbonyl (C=O) groups excluding carboxylic acids is 2. The summed E-state index contributed by atoms with van der Waals surface area (Å²) in [5.74, 6) is 0.783. The summed E-state index contributed by atoms with van der Waals surface area (Å²) in [7, 11) is 1.56. The van der Waals surface area contributed by atoms with Gasteiger partial charge in [-0.1, -0.05) is 60.7 Å². The minimum absolute atomic E-state index is 0.0288. The summed E-state index contributed by atoms with van der Waals surface area (Å²) in [4.78, 5) is 30.9. The zero-order chi connectivity index (χ0) is 25.8. The van der Waals surface area contributed by atoms with Gasteiger partial charge in [0, 0.05) is 30.6 Å². The number of likely N-dealkylation sites (tertiary alicyclic amines) is 1. The lowest BCUT2D eigenvalue weighted by Crippen LogP contribution is -2.46. The van der Waals surface area contributed by atoms with Crippen LogP contribution in [0.25, 0.3) is 11.1 Å². The van der Waals surface area contributed by atoms with Crippen molar-refractivity contribution in [3.8, 4) is 16.9 Å². The Balaban J connectivity index is 1.12. The standard InChI is InChI=1S/C29H30N4O4/c1-36-21-8-6-7-19(17-21)27(30)32-28(34)31-20-13-15-33(16-14-20)29(35)37-18-26-24-11-4-2-9-22(24)23-10-3-5-12-25(23)26/h2-12,17,20,26H,13-16,18H2,1H3,(H3,30,31,32,34). The minimum Gasteiger partial charge on any atom is -0.497 e. The molecule has 0 saturated carbocycles. The minimum atomic E-state index is -0.500. The lowest BCUT2D eigenvalue weighted by atomic mass is 9.98. The summed E-state index contributed by atoms with van der Waals surface area (Å²) in [5, 5.41) is 2.89. The molecule has 3 aromatic carbocycles. The lowest BCUT2D eigenvalue weighted by Gasteiger charge is -2.31. The Bertz CT molecular complexity index is 1290. The number of aliphatic imine (C=N–C) groups is 1. The highest BCUT2D eigenvalue weighted by Gasteiger charge is 2.30. The maximum atomic E-state index is 12.8. The fraction of sp³-hybridized carbons (Fsp3) is 0.276. The van der Waals surface area contributed by atoms with Crippen molar-refractivity contribution in [3.05, 3.63) is 89.5 Å². The van der Waals surface area contributed by atoms with Gasteiger partial charge in [0.2, 0.25) is 0 Å². The van der Waals surface area contributed by atoms with Crippen LogP contribution in [-0.2, 0) is 4.74 Å². The van der Waals surface area contributed by atoms with Crippen molar-refractivity contribution in [2.24, 2.45) is 10.7 Å². The predicted octanol–water partition coefficient (Wildman–Crippen LogP) is 4.52. The smallest absolute Gasteiger partial charge is 0.409 e. The van der Waals surface area contributed by atoms with Gasteiger partial charge >= 0.3 is 12.1 Å². The summed E-state index contributed by atoms with van der Waals surface area (Å²) >= 11 is 0. The number of piperidine rings is 1. The molecular weight excluding hydrogens is 468 g/mol. The molecule has 3 N–H and O–H groups in total. The molecule has 8 nitrogen and oxygen atoms in total. The Morgan fingerprint density at radius 1 is 0.973 bits per heavy atom. The van der Waals surface area contributed by atoms with E-state index in [1.807, 2.05) is 24.3 Å². The molecule has 8 heteroatoms. The molecule has 0 bridgehead atoms. The van der Waals surface area contributed by atoms with Crippen LogP contribution in [0.2, 0.25) is 0 Å². The average Bonchev–Trinajstić information content (AvgIpc) is 3.25. The van der Waals surface area contributed by atoms with E-state index in [4.69, 9.17) is 15.2 Å². The molecule has 0 radical (unpaired) electrons. The molecule has 5 rings (SSSR count). The second-order valence-electron chi connectivity index (χ2n) is 9.24. The average molecular weight is 499 g/mol. The third-order valence-electron chi connectivity index (χ3n) is 7.00. The third kappa shape index (κ3) is 5.28. The van der Waals surface area contributed by atoms with E-state index < -0.39 is 6.03 Å². The number of rotatable bonds is 5. The summed E-state index contributed by atoms with van der Waals surface area (Å²) in [5.41, 5.74) is 11.4. The number of methoxy groups -OCH3 is 1. The molecule has 1 saturated heterocycles. The van der Waals surface area contributed by atoms with Gasteiger partial charge in [-0.2, -0.15) is 4.99 Å². The van der Waals surface area contributed by atoms with Crippen molar-refractivity contribution < 1.29 is 19.1 Å². The van der Waals surface area contributed by atoms with E-state index in [9.17, 15) is 9.59 Å². The van der Waals surface area contributed by atoms with Crippen LogP contribution in [0.3, 0.4) is 0 Å². The number of amidine groups is 1. The number of fused-ring (bicyclic) bond motifs is 3. The number of carbonyl (C=O) groups is 2. The van der Waals surface area contributed by atoms with Crippen LogP contribution in [0.1, 0.15) is 35.4 Å². The van der Waals surface area contributed by atoms with Crippen LogP contribution >= 0.6 is 0 Å². The number of hydrogen-bond acceptors (Lipinski definition) is 4. The number of nitrogens with one attached hydrogen (secondary N) is 1. The van der Waals surface area contributed by atoms with Gasteiger partial charge in [0.1, 0.15) is 18.2 Å². The normalized spacial score (nSPS) is 15.6. The van der Waals surface area contributed by atoms with Gasteiger partial charge in [-0.3, -0.25) is 0 Å². The summed E-state index contributed by atoms with van der Waals surface area (Å²) in [6.07, 6.45) is 0.904. The van der Waals surface area contributed by atoms with Gasteiger partial charge in [0.05, 0.1) is 7.11 Å². The first-order valence-electron chi connectivity index (χ1n) is 12.4. The van der Waals surface area contributed by atoms with Gasteiger partial charge in [0.15, 0.2) is 0 Å². The number of benzene rings is 3. The van der Waals surface area contributed by atoms with Crippen LogP contribution in [-0.4, -0.2) is 55.7 Å². The second kappa shape index (κ2) is 10.7. The first-order valence-corrected chi connectivity index (χ1v) is 12.4. The van der Waals surface area contributed by atoms with Crippen LogP contribution in [0.15, 0.2) is 77.8 Å². The van der Waals surface area contributed by atoms with Crippen molar-refractivity contribution in [1.82, 2.24) is 10.2 Å². The molecule has 1 aliphatic heterocycles. The SMILES string of the molecule is COc1cccc(C(N)=NC(=O)NC2CCN(C(=O)OCC3c4ccccc4-c4ccccc43)CC2)c1. The molecule has 2 aliphatic rings. The van der Waals surface area contributed by atoms with Gasteiger partial charge in [-0.15, -0.1) is 0 Å². The van der Waals surface area contributed by atoms with E-state index in [0.29, 0.717) is 43.9 Å². The number of nitrogens with two attached hydrogens (primary N) is 1. The molecular formula is C29H30N4O4. The van der Waals surface area contributed by atoms with E-state index in [1.54, 1.807) is 36.3 Å². The van der Waals surface area contributed by atoms with Crippen molar-refractivity contribution in [2.45, 2.75) is 24.8 Å². The third-order valence-corrected chi connectivity index (χ3v) is 7.00. The second-order valence-corrected chi connectivity index (χ2v) is 9.24. The molecule has 3 amide bonds. The largest absolute Gasteiger partial charge is 0.497 e. The van der Waals surface area contributed by atoms with Gasteiger partial charge in [0.25, 0.3) is 0 Å².